The lowest BCUT2D eigenvalue weighted by molar-refractivity contribution is -0.140. The largest absolute Gasteiger partial charge is 0.325 e. The number of fused-ring (bicyclic) bond motifs is 6. The Labute approximate surface area is 157 Å². The normalized spacial score (nSPS) is 28.8. The summed E-state index contributed by atoms with van der Waals surface area (Å²) in [5.74, 6) is 0.268. The van der Waals surface area contributed by atoms with Crippen molar-refractivity contribution in [2.45, 2.75) is 25.7 Å². The molecule has 0 radical (unpaired) electrons. The predicted molar refractivity (Wildman–Crippen MR) is 102 cm³/mol. The first-order valence-corrected chi connectivity index (χ1v) is 9.76. The SMILES string of the molecule is O=C(CCN1C(=O)[C@H]2[C@H]3CC[C@@H](C3)[C@@H]2C1=O)Nc1cccc2ccccc12. The van der Waals surface area contributed by atoms with E-state index in [2.05, 4.69) is 5.32 Å². The quantitative estimate of drug-likeness (QED) is 0.850. The Morgan fingerprint density at radius 2 is 1.63 bits per heavy atom. The second-order valence-electron chi connectivity index (χ2n) is 8.04. The van der Waals surface area contributed by atoms with Gasteiger partial charge in [0.15, 0.2) is 0 Å². The number of anilines is 1. The first-order chi connectivity index (χ1) is 13.1. The molecule has 1 saturated heterocycles. The monoisotopic (exact) mass is 362 g/mol. The van der Waals surface area contributed by atoms with Gasteiger partial charge in [-0.1, -0.05) is 36.4 Å². The van der Waals surface area contributed by atoms with Crippen LogP contribution in [-0.2, 0) is 14.4 Å². The van der Waals surface area contributed by atoms with Crippen molar-refractivity contribution in [2.75, 3.05) is 11.9 Å². The van der Waals surface area contributed by atoms with E-state index in [1.807, 2.05) is 42.5 Å². The Morgan fingerprint density at radius 1 is 0.963 bits per heavy atom. The van der Waals surface area contributed by atoms with E-state index >= 15 is 0 Å². The van der Waals surface area contributed by atoms with Gasteiger partial charge in [0.25, 0.3) is 0 Å². The third-order valence-corrected chi connectivity index (χ3v) is 6.64. The maximum Gasteiger partial charge on any atom is 0.233 e. The number of hydrogen-bond donors (Lipinski definition) is 1. The lowest BCUT2D eigenvalue weighted by Gasteiger charge is -2.19. The molecule has 3 amide bonds. The first kappa shape index (κ1) is 16.5. The molecule has 2 bridgehead atoms. The van der Waals surface area contributed by atoms with Gasteiger partial charge >= 0.3 is 0 Å². The van der Waals surface area contributed by atoms with Crippen molar-refractivity contribution in [2.24, 2.45) is 23.7 Å². The minimum atomic E-state index is -0.174. The summed E-state index contributed by atoms with van der Waals surface area (Å²) in [6, 6.07) is 13.6. The van der Waals surface area contributed by atoms with Gasteiger partial charge in [0.05, 0.1) is 11.8 Å². The zero-order valence-corrected chi connectivity index (χ0v) is 15.1. The molecule has 138 valence electrons. The van der Waals surface area contributed by atoms with Crippen LogP contribution in [0.25, 0.3) is 10.8 Å². The van der Waals surface area contributed by atoms with E-state index in [9.17, 15) is 14.4 Å². The highest BCUT2D eigenvalue weighted by Crippen LogP contribution is 2.56. The van der Waals surface area contributed by atoms with Crippen LogP contribution in [-0.4, -0.2) is 29.2 Å². The van der Waals surface area contributed by atoms with Crippen molar-refractivity contribution >= 4 is 34.2 Å². The number of carbonyl (C=O) groups is 3. The van der Waals surface area contributed by atoms with Crippen LogP contribution in [0.2, 0.25) is 0 Å². The number of rotatable bonds is 4. The van der Waals surface area contributed by atoms with E-state index in [-0.39, 0.29) is 42.5 Å². The fraction of sp³-hybridized carbons (Fsp3) is 0.409. The Hall–Kier alpha value is -2.69. The van der Waals surface area contributed by atoms with Gasteiger partial charge in [-0.25, -0.2) is 0 Å². The van der Waals surface area contributed by atoms with Crippen LogP contribution in [0.15, 0.2) is 42.5 Å². The summed E-state index contributed by atoms with van der Waals surface area (Å²) in [5.41, 5.74) is 0.757. The van der Waals surface area contributed by atoms with Crippen LogP contribution < -0.4 is 5.32 Å². The Bertz CT molecular complexity index is 920. The maximum atomic E-state index is 12.7. The number of nitrogens with one attached hydrogen (secondary N) is 1. The highest BCUT2D eigenvalue weighted by molar-refractivity contribution is 6.07. The average molecular weight is 362 g/mol. The highest BCUT2D eigenvalue weighted by atomic mass is 16.2. The number of nitrogens with zero attached hydrogens (tertiary/aromatic N) is 1. The summed E-state index contributed by atoms with van der Waals surface area (Å²) in [4.78, 5) is 39.2. The molecule has 2 aliphatic carbocycles. The van der Waals surface area contributed by atoms with Crippen molar-refractivity contribution in [3.63, 3.8) is 0 Å². The molecule has 4 atom stereocenters. The maximum absolute atomic E-state index is 12.7. The second-order valence-corrected chi connectivity index (χ2v) is 8.04. The summed E-state index contributed by atoms with van der Waals surface area (Å²) in [7, 11) is 0. The van der Waals surface area contributed by atoms with Crippen LogP contribution in [0.3, 0.4) is 0 Å². The molecule has 0 aromatic heterocycles. The van der Waals surface area contributed by atoms with E-state index in [0.717, 1.165) is 35.7 Å². The molecule has 2 aromatic carbocycles. The molecule has 0 unspecified atom stereocenters. The zero-order chi connectivity index (χ0) is 18.5. The third-order valence-electron chi connectivity index (χ3n) is 6.64. The van der Waals surface area contributed by atoms with Gasteiger partial charge in [-0.3, -0.25) is 19.3 Å². The van der Waals surface area contributed by atoms with Crippen molar-refractivity contribution in [1.82, 2.24) is 4.90 Å². The van der Waals surface area contributed by atoms with Gasteiger partial charge in [0.1, 0.15) is 0 Å². The summed E-state index contributed by atoms with van der Waals surface area (Å²) in [5, 5.41) is 4.97. The number of amides is 3. The molecule has 5 rings (SSSR count). The highest BCUT2D eigenvalue weighted by Gasteiger charge is 2.60. The van der Waals surface area contributed by atoms with Crippen molar-refractivity contribution in [3.8, 4) is 0 Å². The lowest BCUT2D eigenvalue weighted by Crippen LogP contribution is -2.35. The summed E-state index contributed by atoms with van der Waals surface area (Å²) in [6.07, 6.45) is 3.30. The molecule has 2 aromatic rings. The topological polar surface area (TPSA) is 66.5 Å². The molecule has 5 nitrogen and oxygen atoms in total. The van der Waals surface area contributed by atoms with Crippen LogP contribution >= 0.6 is 0 Å². The number of imide groups is 1. The van der Waals surface area contributed by atoms with Gasteiger partial charge in [0.2, 0.25) is 17.7 Å². The number of carbonyl (C=O) groups excluding carboxylic acids is 3. The molecule has 1 N–H and O–H groups in total. The van der Waals surface area contributed by atoms with E-state index in [4.69, 9.17) is 0 Å². The van der Waals surface area contributed by atoms with Gasteiger partial charge in [-0.05, 0) is 42.6 Å². The minimum absolute atomic E-state index is 0.0461. The summed E-state index contributed by atoms with van der Waals surface area (Å²) < 4.78 is 0. The van der Waals surface area contributed by atoms with Gasteiger partial charge in [0, 0.05) is 24.0 Å². The van der Waals surface area contributed by atoms with Crippen LogP contribution in [0.5, 0.6) is 0 Å². The fourth-order valence-corrected chi connectivity index (χ4v) is 5.45. The molecule has 27 heavy (non-hydrogen) atoms. The molecular formula is C22H22N2O3. The molecule has 0 spiro atoms. The molecule has 1 heterocycles. The molecular weight excluding hydrogens is 340 g/mol. The molecule has 3 fully saturated rings. The number of benzene rings is 2. The van der Waals surface area contributed by atoms with Gasteiger partial charge in [-0.2, -0.15) is 0 Å². The predicted octanol–water partition coefficient (Wildman–Crippen LogP) is 3.20. The van der Waals surface area contributed by atoms with Crippen LogP contribution in [0.1, 0.15) is 25.7 Å². The van der Waals surface area contributed by atoms with Crippen molar-refractivity contribution in [3.05, 3.63) is 42.5 Å². The standard InChI is InChI=1S/C22H22N2O3/c25-18(23-17-7-3-5-13-4-1-2-6-16(13)17)10-11-24-21(26)19-14-8-9-15(12-14)20(19)22(24)27/h1-7,14-15,19-20H,8-12H2,(H,23,25)/t14-,15-,19-,20-/m0/s1. The second kappa shape index (κ2) is 6.19. The Balaban J connectivity index is 1.26. The zero-order valence-electron chi connectivity index (χ0n) is 15.1. The molecule has 1 aliphatic heterocycles. The first-order valence-electron chi connectivity index (χ1n) is 9.76. The number of hydrogen-bond acceptors (Lipinski definition) is 3. The van der Waals surface area contributed by atoms with Crippen LogP contribution in [0.4, 0.5) is 5.69 Å². The minimum Gasteiger partial charge on any atom is -0.325 e. The number of likely N-dealkylation sites (tertiary alicyclic amines) is 1. The van der Waals surface area contributed by atoms with Crippen LogP contribution in [0, 0.1) is 23.7 Å². The molecule has 5 heteroatoms. The van der Waals surface area contributed by atoms with Crippen molar-refractivity contribution < 1.29 is 14.4 Å². The summed E-state index contributed by atoms with van der Waals surface area (Å²) >= 11 is 0. The fourth-order valence-electron chi connectivity index (χ4n) is 5.45. The van der Waals surface area contributed by atoms with E-state index in [1.165, 1.54) is 4.90 Å². The van der Waals surface area contributed by atoms with E-state index in [0.29, 0.717) is 11.8 Å². The van der Waals surface area contributed by atoms with E-state index < -0.39 is 0 Å². The van der Waals surface area contributed by atoms with Crippen molar-refractivity contribution in [1.29, 1.82) is 0 Å². The average Bonchev–Trinajstić information content (AvgIpc) is 3.35. The van der Waals surface area contributed by atoms with E-state index in [1.54, 1.807) is 0 Å². The summed E-state index contributed by atoms with van der Waals surface area (Å²) in [6.45, 7) is 0.181. The van der Waals surface area contributed by atoms with Gasteiger partial charge in [-0.15, -0.1) is 0 Å². The Morgan fingerprint density at radius 3 is 2.37 bits per heavy atom. The van der Waals surface area contributed by atoms with Gasteiger partial charge < -0.3 is 5.32 Å². The molecule has 2 saturated carbocycles. The molecule has 3 aliphatic rings. The smallest absolute Gasteiger partial charge is 0.233 e. The third kappa shape index (κ3) is 2.56. The Kier molecular flexibility index (Phi) is 3.78. The lowest BCUT2D eigenvalue weighted by atomic mass is 9.81.